The molecule has 26 heavy (non-hydrogen) atoms. The van der Waals surface area contributed by atoms with Crippen LogP contribution in [0.25, 0.3) is 0 Å². The monoisotopic (exact) mass is 363 g/mol. The molecule has 2 aromatic rings. The van der Waals surface area contributed by atoms with Gasteiger partial charge in [0.2, 0.25) is 0 Å². The average molecular weight is 363 g/mol. The van der Waals surface area contributed by atoms with E-state index in [1.807, 2.05) is 32.0 Å². The van der Waals surface area contributed by atoms with Crippen molar-refractivity contribution in [3.63, 3.8) is 0 Å². The van der Waals surface area contributed by atoms with Gasteiger partial charge in [-0.15, -0.1) is 0 Å². The number of hydrogen-bond acceptors (Lipinski definition) is 4. The summed E-state index contributed by atoms with van der Waals surface area (Å²) in [6.45, 7) is 4.72. The van der Waals surface area contributed by atoms with Crippen molar-refractivity contribution < 1.29 is 27.8 Å². The highest BCUT2D eigenvalue weighted by Crippen LogP contribution is 2.22. The van der Waals surface area contributed by atoms with Gasteiger partial charge in [0.25, 0.3) is 5.91 Å². The molecule has 0 heterocycles. The Morgan fingerprint density at radius 3 is 2.35 bits per heavy atom. The van der Waals surface area contributed by atoms with Crippen LogP contribution in [0.4, 0.5) is 14.5 Å². The van der Waals surface area contributed by atoms with Gasteiger partial charge >= 0.3 is 5.97 Å². The molecule has 2 aromatic carbocycles. The van der Waals surface area contributed by atoms with Gasteiger partial charge in [0, 0.05) is 11.8 Å². The second-order valence-corrected chi connectivity index (χ2v) is 5.76. The summed E-state index contributed by atoms with van der Waals surface area (Å²) in [7, 11) is 0. The van der Waals surface area contributed by atoms with E-state index < -0.39 is 29.6 Å². The maximum Gasteiger partial charge on any atom is 0.344 e. The van der Waals surface area contributed by atoms with Crippen LogP contribution in [-0.2, 0) is 14.3 Å². The molecule has 7 heteroatoms. The SMILES string of the molecule is Cc1cccc(C)c1OCC(=O)O[C@@H](C)C(=O)Nc1ccc(F)c(F)c1. The first-order chi connectivity index (χ1) is 12.3. The molecule has 0 saturated heterocycles. The molecular weight excluding hydrogens is 344 g/mol. The summed E-state index contributed by atoms with van der Waals surface area (Å²) in [6.07, 6.45) is -1.13. The van der Waals surface area contributed by atoms with Crippen molar-refractivity contribution >= 4 is 17.6 Å². The lowest BCUT2D eigenvalue weighted by Gasteiger charge is -2.15. The molecule has 0 bridgehead atoms. The molecule has 1 amide bonds. The van der Waals surface area contributed by atoms with Crippen molar-refractivity contribution in [2.24, 2.45) is 0 Å². The Bertz CT molecular complexity index is 803. The van der Waals surface area contributed by atoms with E-state index in [1.165, 1.54) is 13.0 Å². The number of para-hydroxylation sites is 1. The predicted octanol–water partition coefficient (Wildman–Crippen LogP) is 3.53. The summed E-state index contributed by atoms with van der Waals surface area (Å²) in [5.74, 6) is -2.92. The molecule has 1 N–H and O–H groups in total. The lowest BCUT2D eigenvalue weighted by molar-refractivity contribution is -0.155. The number of hydrogen-bond donors (Lipinski definition) is 1. The molecule has 2 rings (SSSR count). The van der Waals surface area contributed by atoms with Crippen molar-refractivity contribution in [2.75, 3.05) is 11.9 Å². The smallest absolute Gasteiger partial charge is 0.344 e. The van der Waals surface area contributed by atoms with E-state index in [1.54, 1.807) is 0 Å². The summed E-state index contributed by atoms with van der Waals surface area (Å²) in [6, 6.07) is 8.51. The largest absolute Gasteiger partial charge is 0.481 e. The Kier molecular flexibility index (Phi) is 6.27. The lowest BCUT2D eigenvalue weighted by Crippen LogP contribution is -2.31. The van der Waals surface area contributed by atoms with Gasteiger partial charge < -0.3 is 14.8 Å². The zero-order valence-corrected chi connectivity index (χ0v) is 14.6. The van der Waals surface area contributed by atoms with Crippen molar-refractivity contribution in [1.29, 1.82) is 0 Å². The molecule has 0 fully saturated rings. The Hall–Kier alpha value is -2.96. The van der Waals surface area contributed by atoms with Gasteiger partial charge in [0.1, 0.15) is 5.75 Å². The number of esters is 1. The molecule has 0 aromatic heterocycles. The van der Waals surface area contributed by atoms with Crippen molar-refractivity contribution in [3.05, 3.63) is 59.2 Å². The molecule has 5 nitrogen and oxygen atoms in total. The van der Waals surface area contributed by atoms with Crippen LogP contribution in [0.2, 0.25) is 0 Å². The average Bonchev–Trinajstić information content (AvgIpc) is 2.57. The van der Waals surface area contributed by atoms with Gasteiger partial charge in [0.15, 0.2) is 24.3 Å². The highest BCUT2D eigenvalue weighted by Gasteiger charge is 2.19. The first-order valence-corrected chi connectivity index (χ1v) is 7.92. The normalized spacial score (nSPS) is 11.6. The molecule has 1 atom stereocenters. The highest BCUT2D eigenvalue weighted by atomic mass is 19.2. The molecule has 0 unspecified atom stereocenters. The first kappa shape index (κ1) is 19.4. The van der Waals surface area contributed by atoms with E-state index in [0.29, 0.717) is 5.75 Å². The Morgan fingerprint density at radius 2 is 1.73 bits per heavy atom. The summed E-state index contributed by atoms with van der Waals surface area (Å²) in [5, 5.41) is 2.34. The molecule has 0 spiro atoms. The molecule has 138 valence electrons. The summed E-state index contributed by atoms with van der Waals surface area (Å²) in [4.78, 5) is 23.8. The summed E-state index contributed by atoms with van der Waals surface area (Å²) >= 11 is 0. The number of rotatable bonds is 6. The quantitative estimate of drug-likeness (QED) is 0.798. The second kappa shape index (κ2) is 8.42. The lowest BCUT2D eigenvalue weighted by atomic mass is 10.1. The number of aryl methyl sites for hydroxylation is 2. The van der Waals surface area contributed by atoms with E-state index in [4.69, 9.17) is 9.47 Å². The molecule has 0 saturated carbocycles. The van der Waals surface area contributed by atoms with Crippen LogP contribution in [0.5, 0.6) is 5.75 Å². The minimum absolute atomic E-state index is 0.0589. The Labute approximate surface area is 149 Å². The van der Waals surface area contributed by atoms with Crippen molar-refractivity contribution in [3.8, 4) is 5.75 Å². The van der Waals surface area contributed by atoms with Crippen LogP contribution in [-0.4, -0.2) is 24.6 Å². The molecular formula is C19H19F2NO4. The van der Waals surface area contributed by atoms with Gasteiger partial charge in [-0.05, 0) is 44.0 Å². The Morgan fingerprint density at radius 1 is 1.08 bits per heavy atom. The maximum atomic E-state index is 13.1. The topological polar surface area (TPSA) is 64.6 Å². The molecule has 0 radical (unpaired) electrons. The van der Waals surface area contributed by atoms with Crippen molar-refractivity contribution in [1.82, 2.24) is 0 Å². The standard InChI is InChI=1S/C19H19F2NO4/c1-11-5-4-6-12(2)18(11)25-10-17(23)26-13(3)19(24)22-14-7-8-15(20)16(21)9-14/h4-9,13H,10H2,1-3H3,(H,22,24)/t13-/m0/s1. The molecule has 0 aliphatic carbocycles. The van der Waals surface area contributed by atoms with E-state index in [9.17, 15) is 18.4 Å². The maximum absolute atomic E-state index is 13.1. The number of anilines is 1. The number of carbonyl (C=O) groups is 2. The minimum Gasteiger partial charge on any atom is -0.481 e. The third kappa shape index (κ3) is 5.02. The molecule has 0 aliphatic heterocycles. The third-order valence-electron chi connectivity index (χ3n) is 3.61. The van der Waals surface area contributed by atoms with Crippen LogP contribution >= 0.6 is 0 Å². The van der Waals surface area contributed by atoms with Gasteiger partial charge in [-0.25, -0.2) is 13.6 Å². The minimum atomic E-state index is -1.13. The second-order valence-electron chi connectivity index (χ2n) is 5.76. The van der Waals surface area contributed by atoms with E-state index in [0.717, 1.165) is 23.3 Å². The van der Waals surface area contributed by atoms with E-state index in [-0.39, 0.29) is 12.3 Å². The van der Waals surface area contributed by atoms with Crippen LogP contribution in [0.15, 0.2) is 36.4 Å². The van der Waals surface area contributed by atoms with Gasteiger partial charge in [-0.2, -0.15) is 0 Å². The first-order valence-electron chi connectivity index (χ1n) is 7.92. The zero-order valence-electron chi connectivity index (χ0n) is 14.6. The number of nitrogens with one attached hydrogen (secondary N) is 1. The number of benzene rings is 2. The van der Waals surface area contributed by atoms with Crippen LogP contribution in [0.3, 0.4) is 0 Å². The summed E-state index contributed by atoms with van der Waals surface area (Å²) < 4.78 is 36.5. The third-order valence-corrected chi connectivity index (χ3v) is 3.61. The van der Waals surface area contributed by atoms with Crippen LogP contribution in [0.1, 0.15) is 18.1 Å². The highest BCUT2D eigenvalue weighted by molar-refractivity contribution is 5.95. The van der Waals surface area contributed by atoms with Crippen LogP contribution in [0, 0.1) is 25.5 Å². The van der Waals surface area contributed by atoms with Gasteiger partial charge in [-0.3, -0.25) is 4.79 Å². The van der Waals surface area contributed by atoms with Crippen molar-refractivity contribution in [2.45, 2.75) is 26.9 Å². The van der Waals surface area contributed by atoms with Gasteiger partial charge in [0.05, 0.1) is 0 Å². The zero-order chi connectivity index (χ0) is 19.3. The number of amides is 1. The number of ether oxygens (including phenoxy) is 2. The van der Waals surface area contributed by atoms with Crippen LogP contribution < -0.4 is 10.1 Å². The van der Waals surface area contributed by atoms with Gasteiger partial charge in [-0.1, -0.05) is 18.2 Å². The predicted molar refractivity (Wildman–Crippen MR) is 92.0 cm³/mol. The number of carbonyl (C=O) groups excluding carboxylic acids is 2. The van der Waals surface area contributed by atoms with E-state index >= 15 is 0 Å². The van der Waals surface area contributed by atoms with E-state index in [2.05, 4.69) is 5.32 Å². The fourth-order valence-corrected chi connectivity index (χ4v) is 2.26. The number of halogens is 2. The molecule has 0 aliphatic rings. The summed E-state index contributed by atoms with van der Waals surface area (Å²) in [5.41, 5.74) is 1.81. The Balaban J connectivity index is 1.87. The fraction of sp³-hybridized carbons (Fsp3) is 0.263. The fourth-order valence-electron chi connectivity index (χ4n) is 2.26.